The highest BCUT2D eigenvalue weighted by Crippen LogP contribution is 2.30. The number of anilines is 1. The van der Waals surface area contributed by atoms with E-state index >= 15 is 0 Å². The second kappa shape index (κ2) is 10.3. The lowest BCUT2D eigenvalue weighted by atomic mass is 10.0. The van der Waals surface area contributed by atoms with Gasteiger partial charge in [0.2, 0.25) is 0 Å². The molecule has 2 aliphatic rings. The molecular formula is C26H30ClN5O4. The second-order valence-electron chi connectivity index (χ2n) is 10.0. The van der Waals surface area contributed by atoms with Crippen LogP contribution in [0.5, 0.6) is 0 Å². The van der Waals surface area contributed by atoms with E-state index < -0.39 is 11.7 Å². The normalized spacial score (nSPS) is 18.2. The third-order valence-electron chi connectivity index (χ3n) is 6.20. The Hall–Kier alpha value is -3.35. The largest absolute Gasteiger partial charge is 0.444 e. The molecule has 1 N–H and O–H groups in total. The standard InChI is InChI=1S/C26H30ClN5O4/c1-26(2,3)36-25(35)31-10-8-30(9-11-31)23-18(14-28)12-19(15-29-23)17-4-5-21(22(27)13-17)24(34)32-7-6-20(33)16-32/h4-5,12-13,15,20,33H,6-11,16H2,1-3H3. The number of carbonyl (C=O) groups is 2. The molecule has 0 aliphatic carbocycles. The van der Waals surface area contributed by atoms with Crippen LogP contribution in [0.4, 0.5) is 10.6 Å². The van der Waals surface area contributed by atoms with Crippen LogP contribution in [0.3, 0.4) is 0 Å². The fraction of sp³-hybridized carbons (Fsp3) is 0.462. The fourth-order valence-corrected chi connectivity index (χ4v) is 4.60. The van der Waals surface area contributed by atoms with E-state index in [1.807, 2.05) is 25.7 Å². The number of carbonyl (C=O) groups excluding carboxylic acids is 2. The molecule has 0 radical (unpaired) electrons. The summed E-state index contributed by atoms with van der Waals surface area (Å²) >= 11 is 6.45. The molecule has 2 saturated heterocycles. The Morgan fingerprint density at radius 1 is 1.11 bits per heavy atom. The van der Waals surface area contributed by atoms with Crippen LogP contribution in [-0.2, 0) is 4.74 Å². The van der Waals surface area contributed by atoms with Crippen LogP contribution in [0.15, 0.2) is 30.5 Å². The van der Waals surface area contributed by atoms with Gasteiger partial charge in [-0.2, -0.15) is 5.26 Å². The SMILES string of the molecule is CC(C)(C)OC(=O)N1CCN(c2ncc(-c3ccc(C(=O)N4CCC(O)C4)c(Cl)c3)cc2C#N)CC1. The Bertz CT molecular complexity index is 1200. The lowest BCUT2D eigenvalue weighted by Gasteiger charge is -2.36. The van der Waals surface area contributed by atoms with Gasteiger partial charge in [0.15, 0.2) is 0 Å². The molecule has 4 rings (SSSR count). The number of hydrogen-bond donors (Lipinski definition) is 1. The van der Waals surface area contributed by atoms with Gasteiger partial charge < -0.3 is 24.5 Å². The van der Waals surface area contributed by atoms with Crippen LogP contribution >= 0.6 is 11.6 Å². The summed E-state index contributed by atoms with van der Waals surface area (Å²) in [6.45, 7) is 8.34. The highest BCUT2D eigenvalue weighted by atomic mass is 35.5. The molecule has 9 nitrogen and oxygen atoms in total. The minimum absolute atomic E-state index is 0.209. The van der Waals surface area contributed by atoms with E-state index in [1.165, 1.54) is 0 Å². The van der Waals surface area contributed by atoms with Crippen molar-refractivity contribution in [3.63, 3.8) is 0 Å². The maximum atomic E-state index is 12.8. The van der Waals surface area contributed by atoms with Crippen molar-refractivity contribution in [1.82, 2.24) is 14.8 Å². The van der Waals surface area contributed by atoms with Crippen LogP contribution in [0.25, 0.3) is 11.1 Å². The molecule has 36 heavy (non-hydrogen) atoms. The molecule has 2 amide bonds. The number of amides is 2. The average molecular weight is 512 g/mol. The number of pyridine rings is 1. The van der Waals surface area contributed by atoms with Crippen molar-refractivity contribution in [2.75, 3.05) is 44.2 Å². The predicted octanol–water partition coefficient (Wildman–Crippen LogP) is 3.54. The number of nitrogens with zero attached hydrogens (tertiary/aromatic N) is 5. The van der Waals surface area contributed by atoms with Crippen LogP contribution in [0, 0.1) is 11.3 Å². The maximum Gasteiger partial charge on any atom is 0.410 e. The smallest absolute Gasteiger partial charge is 0.410 e. The number of rotatable bonds is 3. The summed E-state index contributed by atoms with van der Waals surface area (Å²) in [5.41, 5.74) is 1.69. The third kappa shape index (κ3) is 5.72. The summed E-state index contributed by atoms with van der Waals surface area (Å²) in [6, 6.07) is 9.12. The first-order chi connectivity index (χ1) is 17.1. The Morgan fingerprint density at radius 3 is 2.42 bits per heavy atom. The lowest BCUT2D eigenvalue weighted by Crippen LogP contribution is -2.50. The van der Waals surface area contributed by atoms with Gasteiger partial charge in [-0.05, 0) is 51.0 Å². The van der Waals surface area contributed by atoms with Crippen molar-refractivity contribution < 1.29 is 19.4 Å². The van der Waals surface area contributed by atoms with E-state index in [1.54, 1.807) is 40.3 Å². The lowest BCUT2D eigenvalue weighted by molar-refractivity contribution is 0.0240. The summed E-state index contributed by atoms with van der Waals surface area (Å²) in [5.74, 6) is 0.357. The van der Waals surface area contributed by atoms with Gasteiger partial charge in [0.1, 0.15) is 17.5 Å². The Morgan fingerprint density at radius 2 is 1.83 bits per heavy atom. The molecule has 2 aliphatic heterocycles. The second-order valence-corrected chi connectivity index (χ2v) is 10.5. The summed E-state index contributed by atoms with van der Waals surface area (Å²) in [4.78, 5) is 34.9. The van der Waals surface area contributed by atoms with E-state index in [-0.39, 0.29) is 12.0 Å². The molecule has 1 aromatic heterocycles. The third-order valence-corrected chi connectivity index (χ3v) is 6.51. The van der Waals surface area contributed by atoms with Crippen molar-refractivity contribution in [2.24, 2.45) is 0 Å². The minimum atomic E-state index is -0.551. The summed E-state index contributed by atoms with van der Waals surface area (Å²) in [6.07, 6.45) is 1.40. The number of β-amino-alcohol motifs (C(OH)–C–C–N with tert-alkyl or cyclic N) is 1. The molecule has 1 atom stereocenters. The monoisotopic (exact) mass is 511 g/mol. The van der Waals surface area contributed by atoms with E-state index in [9.17, 15) is 20.0 Å². The van der Waals surface area contributed by atoms with Crippen molar-refractivity contribution >= 4 is 29.4 Å². The maximum absolute atomic E-state index is 12.8. The first-order valence-electron chi connectivity index (χ1n) is 12.0. The first-order valence-corrected chi connectivity index (χ1v) is 12.3. The van der Waals surface area contributed by atoms with E-state index in [0.29, 0.717) is 73.2 Å². The van der Waals surface area contributed by atoms with Gasteiger partial charge in [0.25, 0.3) is 5.91 Å². The van der Waals surface area contributed by atoms with Crippen molar-refractivity contribution in [3.8, 4) is 17.2 Å². The average Bonchev–Trinajstić information content (AvgIpc) is 3.28. The number of halogens is 1. The molecule has 0 bridgehead atoms. The van der Waals surface area contributed by atoms with Crippen LogP contribution < -0.4 is 4.90 Å². The summed E-state index contributed by atoms with van der Waals surface area (Å²) < 4.78 is 5.45. The fourth-order valence-electron chi connectivity index (χ4n) is 4.34. The van der Waals surface area contributed by atoms with Gasteiger partial charge >= 0.3 is 6.09 Å². The van der Waals surface area contributed by atoms with E-state index in [0.717, 1.165) is 5.56 Å². The number of aliphatic hydroxyl groups excluding tert-OH is 1. The number of hydrogen-bond acceptors (Lipinski definition) is 7. The Kier molecular flexibility index (Phi) is 7.38. The number of piperazine rings is 1. The van der Waals surface area contributed by atoms with Crippen LogP contribution in [0.2, 0.25) is 5.02 Å². The first kappa shape index (κ1) is 25.7. The predicted molar refractivity (Wildman–Crippen MR) is 136 cm³/mol. The molecule has 0 spiro atoms. The van der Waals surface area contributed by atoms with Crippen molar-refractivity contribution in [3.05, 3.63) is 46.6 Å². The van der Waals surface area contributed by atoms with Gasteiger partial charge in [-0.1, -0.05) is 17.7 Å². The van der Waals surface area contributed by atoms with E-state index in [2.05, 4.69) is 11.1 Å². The number of ether oxygens (including phenoxy) is 1. The molecule has 1 unspecified atom stereocenters. The van der Waals surface area contributed by atoms with Gasteiger partial charge in [-0.15, -0.1) is 0 Å². The Balaban J connectivity index is 1.47. The number of likely N-dealkylation sites (tertiary alicyclic amines) is 1. The molecule has 2 fully saturated rings. The number of nitriles is 1. The topological polar surface area (TPSA) is 110 Å². The molecule has 3 heterocycles. The zero-order chi connectivity index (χ0) is 26.0. The van der Waals surface area contributed by atoms with Crippen molar-refractivity contribution in [1.29, 1.82) is 5.26 Å². The van der Waals surface area contributed by atoms with Crippen molar-refractivity contribution in [2.45, 2.75) is 38.9 Å². The Labute approximate surface area is 215 Å². The molecule has 190 valence electrons. The highest BCUT2D eigenvalue weighted by molar-refractivity contribution is 6.34. The number of aromatic nitrogens is 1. The minimum Gasteiger partial charge on any atom is -0.444 e. The molecule has 0 saturated carbocycles. The molecule has 1 aromatic carbocycles. The van der Waals surface area contributed by atoms with Gasteiger partial charge in [0.05, 0.1) is 22.3 Å². The zero-order valence-electron chi connectivity index (χ0n) is 20.7. The van der Waals surface area contributed by atoms with Crippen LogP contribution in [-0.4, -0.2) is 82.9 Å². The quantitative estimate of drug-likeness (QED) is 0.671. The number of aliphatic hydroxyl groups is 1. The summed E-state index contributed by atoms with van der Waals surface area (Å²) in [5, 5.41) is 19.8. The summed E-state index contributed by atoms with van der Waals surface area (Å²) in [7, 11) is 0. The zero-order valence-corrected chi connectivity index (χ0v) is 21.5. The highest BCUT2D eigenvalue weighted by Gasteiger charge is 2.28. The van der Waals surface area contributed by atoms with Gasteiger partial charge in [-0.25, -0.2) is 9.78 Å². The van der Waals surface area contributed by atoms with Gasteiger partial charge in [-0.3, -0.25) is 4.79 Å². The van der Waals surface area contributed by atoms with E-state index in [4.69, 9.17) is 16.3 Å². The molecule has 10 heteroatoms. The number of benzene rings is 1. The van der Waals surface area contributed by atoms with Gasteiger partial charge in [0, 0.05) is 51.0 Å². The van der Waals surface area contributed by atoms with Crippen LogP contribution in [0.1, 0.15) is 43.1 Å². The molecular weight excluding hydrogens is 482 g/mol. The molecule has 2 aromatic rings.